The van der Waals surface area contributed by atoms with Crippen LogP contribution in [-0.4, -0.2) is 27.4 Å². The number of aliphatic hydroxyl groups is 1. The Morgan fingerprint density at radius 2 is 2.05 bits per heavy atom. The zero-order chi connectivity index (χ0) is 15.4. The van der Waals surface area contributed by atoms with Gasteiger partial charge in [0.1, 0.15) is 5.56 Å². The Hall–Kier alpha value is -1.62. The van der Waals surface area contributed by atoms with E-state index >= 15 is 0 Å². The zero-order valence-electron chi connectivity index (χ0n) is 12.4. The monoisotopic (exact) mass is 293 g/mol. The predicted molar refractivity (Wildman–Crippen MR) is 79.7 cm³/mol. The molecule has 1 aromatic heterocycles. The van der Waals surface area contributed by atoms with E-state index in [0.29, 0.717) is 11.5 Å². The van der Waals surface area contributed by atoms with Gasteiger partial charge in [-0.1, -0.05) is 32.1 Å². The van der Waals surface area contributed by atoms with E-state index in [2.05, 4.69) is 0 Å². The first-order valence-corrected chi connectivity index (χ1v) is 7.60. The quantitative estimate of drug-likeness (QED) is 0.873. The van der Waals surface area contributed by atoms with Gasteiger partial charge in [-0.2, -0.15) is 0 Å². The van der Waals surface area contributed by atoms with E-state index in [1.807, 2.05) is 0 Å². The Morgan fingerprint density at radius 1 is 1.38 bits per heavy atom. The number of aliphatic hydroxyl groups excluding tert-OH is 1. The summed E-state index contributed by atoms with van der Waals surface area (Å²) in [4.78, 5) is 23.6. The molecule has 1 heterocycles. The molecule has 1 atom stereocenters. The van der Waals surface area contributed by atoms with Crippen LogP contribution in [0.3, 0.4) is 0 Å². The Kier molecular flexibility index (Phi) is 5.17. The van der Waals surface area contributed by atoms with Crippen LogP contribution < -0.4 is 5.56 Å². The van der Waals surface area contributed by atoms with Crippen molar-refractivity contribution in [2.24, 2.45) is 5.92 Å². The van der Waals surface area contributed by atoms with Crippen LogP contribution in [-0.2, 0) is 0 Å². The lowest BCUT2D eigenvalue weighted by Gasteiger charge is -2.27. The van der Waals surface area contributed by atoms with Crippen LogP contribution in [0, 0.1) is 12.8 Å². The van der Waals surface area contributed by atoms with Gasteiger partial charge in [0, 0.05) is 6.20 Å². The van der Waals surface area contributed by atoms with Crippen LogP contribution in [0.2, 0.25) is 0 Å². The minimum Gasteiger partial charge on any atom is -0.477 e. The molecule has 2 N–H and O–H groups in total. The average molecular weight is 293 g/mol. The van der Waals surface area contributed by atoms with Crippen molar-refractivity contribution in [1.82, 2.24) is 4.57 Å². The molecule has 0 aliphatic heterocycles. The van der Waals surface area contributed by atoms with Crippen molar-refractivity contribution in [2.75, 3.05) is 6.61 Å². The highest BCUT2D eigenvalue weighted by Gasteiger charge is 2.23. The minimum atomic E-state index is -1.21. The average Bonchev–Trinajstić information content (AvgIpc) is 2.46. The molecule has 5 heteroatoms. The zero-order valence-corrected chi connectivity index (χ0v) is 12.4. The van der Waals surface area contributed by atoms with Crippen LogP contribution >= 0.6 is 0 Å². The third kappa shape index (κ3) is 3.53. The van der Waals surface area contributed by atoms with E-state index in [1.54, 1.807) is 19.2 Å². The first-order chi connectivity index (χ1) is 10.0. The number of aromatic carboxylic acids is 1. The number of carboxylic acids is 1. The Morgan fingerprint density at radius 3 is 2.62 bits per heavy atom. The molecule has 0 spiro atoms. The highest BCUT2D eigenvalue weighted by molar-refractivity contribution is 5.88. The highest BCUT2D eigenvalue weighted by atomic mass is 16.4. The third-order valence-electron chi connectivity index (χ3n) is 4.48. The molecule has 0 aromatic carbocycles. The summed E-state index contributed by atoms with van der Waals surface area (Å²) in [6, 6.07) is 1.30. The molecule has 1 aliphatic rings. The van der Waals surface area contributed by atoms with E-state index in [0.717, 1.165) is 19.3 Å². The van der Waals surface area contributed by atoms with Crippen molar-refractivity contribution in [2.45, 2.75) is 51.5 Å². The van der Waals surface area contributed by atoms with E-state index < -0.39 is 11.5 Å². The molecule has 1 aromatic rings. The molecule has 0 amide bonds. The molecule has 1 aliphatic carbocycles. The number of rotatable bonds is 5. The van der Waals surface area contributed by atoms with E-state index in [9.17, 15) is 19.8 Å². The summed E-state index contributed by atoms with van der Waals surface area (Å²) in [5.41, 5.74) is -0.255. The summed E-state index contributed by atoms with van der Waals surface area (Å²) < 4.78 is 1.39. The lowest BCUT2D eigenvalue weighted by atomic mass is 9.85. The Labute approximate surface area is 124 Å². The molecule has 5 nitrogen and oxygen atoms in total. The number of aromatic nitrogens is 1. The van der Waals surface area contributed by atoms with Gasteiger partial charge < -0.3 is 14.8 Å². The van der Waals surface area contributed by atoms with E-state index in [4.69, 9.17) is 0 Å². The fourth-order valence-corrected chi connectivity index (χ4v) is 3.27. The fourth-order valence-electron chi connectivity index (χ4n) is 3.27. The largest absolute Gasteiger partial charge is 0.477 e. The van der Waals surface area contributed by atoms with Crippen LogP contribution in [0.1, 0.15) is 60.5 Å². The van der Waals surface area contributed by atoms with Crippen LogP contribution in [0.15, 0.2) is 17.1 Å². The predicted octanol–water partition coefficient (Wildman–Crippen LogP) is 2.36. The van der Waals surface area contributed by atoms with Crippen molar-refractivity contribution in [3.8, 4) is 0 Å². The Bertz CT molecular complexity index is 558. The second-order valence-corrected chi connectivity index (χ2v) is 5.97. The SMILES string of the molecule is Cc1ccn([C@H](CO)CC2CCCCC2)c(=O)c1C(=O)O. The summed E-state index contributed by atoms with van der Waals surface area (Å²) >= 11 is 0. The fraction of sp³-hybridized carbons (Fsp3) is 0.625. The van der Waals surface area contributed by atoms with E-state index in [1.165, 1.54) is 23.8 Å². The van der Waals surface area contributed by atoms with Gasteiger partial charge in [-0.05, 0) is 30.9 Å². The molecule has 2 rings (SSSR count). The molecule has 1 fully saturated rings. The third-order valence-corrected chi connectivity index (χ3v) is 4.48. The standard InChI is InChI=1S/C16H23NO4/c1-11-7-8-17(15(19)14(11)16(20)21)13(10-18)9-12-5-3-2-4-6-12/h7-8,12-13,18H,2-6,9-10H2,1H3,(H,20,21)/t13-/m0/s1. The van der Waals surface area contributed by atoms with Crippen LogP contribution in [0.5, 0.6) is 0 Å². The molecule has 0 saturated heterocycles. The van der Waals surface area contributed by atoms with Crippen molar-refractivity contribution >= 4 is 5.97 Å². The first-order valence-electron chi connectivity index (χ1n) is 7.60. The normalized spacial score (nSPS) is 17.6. The number of nitrogens with zero attached hydrogens (tertiary/aromatic N) is 1. The van der Waals surface area contributed by atoms with Crippen molar-refractivity contribution in [3.05, 3.63) is 33.7 Å². The first kappa shape index (κ1) is 15.8. The molecule has 116 valence electrons. The van der Waals surface area contributed by atoms with Gasteiger partial charge in [-0.15, -0.1) is 0 Å². The van der Waals surface area contributed by atoms with Gasteiger partial charge in [-0.3, -0.25) is 4.79 Å². The second-order valence-electron chi connectivity index (χ2n) is 5.97. The summed E-state index contributed by atoms with van der Waals surface area (Å²) in [6.45, 7) is 1.48. The maximum absolute atomic E-state index is 12.3. The van der Waals surface area contributed by atoms with Gasteiger partial charge >= 0.3 is 5.97 Å². The number of aryl methyl sites for hydroxylation is 1. The summed E-state index contributed by atoms with van der Waals surface area (Å²) in [5, 5.41) is 18.8. The van der Waals surface area contributed by atoms with Crippen molar-refractivity contribution in [3.63, 3.8) is 0 Å². The number of pyridine rings is 1. The smallest absolute Gasteiger partial charge is 0.341 e. The number of carboxylic acid groups (broad SMARTS) is 1. The number of carbonyl (C=O) groups is 1. The van der Waals surface area contributed by atoms with Crippen LogP contribution in [0.4, 0.5) is 0 Å². The van der Waals surface area contributed by atoms with Crippen molar-refractivity contribution < 1.29 is 15.0 Å². The number of hydrogen-bond acceptors (Lipinski definition) is 3. The molecule has 0 radical (unpaired) electrons. The maximum Gasteiger partial charge on any atom is 0.341 e. The maximum atomic E-state index is 12.3. The lowest BCUT2D eigenvalue weighted by Crippen LogP contribution is -2.32. The highest BCUT2D eigenvalue weighted by Crippen LogP contribution is 2.30. The summed E-state index contributed by atoms with van der Waals surface area (Å²) in [5.74, 6) is -0.696. The van der Waals surface area contributed by atoms with Gasteiger partial charge in [0.15, 0.2) is 0 Å². The summed E-state index contributed by atoms with van der Waals surface area (Å²) in [7, 11) is 0. The van der Waals surface area contributed by atoms with Gasteiger partial charge in [0.2, 0.25) is 0 Å². The molecular formula is C16H23NO4. The molecular weight excluding hydrogens is 270 g/mol. The van der Waals surface area contributed by atoms with E-state index in [-0.39, 0.29) is 18.2 Å². The molecule has 1 saturated carbocycles. The van der Waals surface area contributed by atoms with Gasteiger partial charge in [0.05, 0.1) is 12.6 Å². The summed E-state index contributed by atoms with van der Waals surface area (Å²) in [6.07, 6.45) is 8.25. The van der Waals surface area contributed by atoms with Gasteiger partial charge in [-0.25, -0.2) is 4.79 Å². The van der Waals surface area contributed by atoms with Gasteiger partial charge in [0.25, 0.3) is 5.56 Å². The van der Waals surface area contributed by atoms with Crippen LogP contribution in [0.25, 0.3) is 0 Å². The second kappa shape index (κ2) is 6.89. The molecule has 0 bridgehead atoms. The van der Waals surface area contributed by atoms with Crippen molar-refractivity contribution in [1.29, 1.82) is 0 Å². The topological polar surface area (TPSA) is 79.5 Å². The Balaban J connectivity index is 2.27. The lowest BCUT2D eigenvalue weighted by molar-refractivity contribution is 0.0692. The molecule has 0 unspecified atom stereocenters. The molecule has 21 heavy (non-hydrogen) atoms. The number of hydrogen-bond donors (Lipinski definition) is 2. The minimum absolute atomic E-state index is 0.140.